The maximum atomic E-state index is 14.7. The van der Waals surface area contributed by atoms with Gasteiger partial charge in [0.25, 0.3) is 0 Å². The minimum atomic E-state index is -0.316. The van der Waals surface area contributed by atoms with E-state index in [4.69, 9.17) is 0 Å². The number of hydrogen-bond acceptors (Lipinski definition) is 6. The van der Waals surface area contributed by atoms with E-state index in [0.717, 1.165) is 31.6 Å². The SMILES string of the molecule is CC(C)c1ncnc(N2CCN(c3ccc(NC(=O)C4CC4)nc3)CC2)c1F. The van der Waals surface area contributed by atoms with Gasteiger partial charge in [-0.05, 0) is 30.9 Å². The molecule has 1 aliphatic carbocycles. The van der Waals surface area contributed by atoms with E-state index in [1.54, 1.807) is 6.20 Å². The van der Waals surface area contributed by atoms with Crippen LogP contribution in [0.15, 0.2) is 24.7 Å². The molecule has 1 N–H and O–H groups in total. The molecule has 2 aromatic rings. The highest BCUT2D eigenvalue weighted by molar-refractivity contribution is 5.93. The molecule has 2 aromatic heterocycles. The molecule has 1 saturated heterocycles. The molecule has 0 spiro atoms. The summed E-state index contributed by atoms with van der Waals surface area (Å²) in [5.41, 5.74) is 1.45. The predicted octanol–water partition coefficient (Wildman–Crippen LogP) is 2.81. The maximum Gasteiger partial charge on any atom is 0.228 e. The smallest absolute Gasteiger partial charge is 0.228 e. The monoisotopic (exact) mass is 384 g/mol. The molecule has 0 radical (unpaired) electrons. The zero-order valence-corrected chi connectivity index (χ0v) is 16.2. The number of amides is 1. The van der Waals surface area contributed by atoms with E-state index in [0.29, 0.717) is 30.4 Å². The molecular formula is C20H25FN6O. The van der Waals surface area contributed by atoms with E-state index in [2.05, 4.69) is 25.2 Å². The molecular weight excluding hydrogens is 359 g/mol. The summed E-state index contributed by atoms with van der Waals surface area (Å²) >= 11 is 0. The van der Waals surface area contributed by atoms with Gasteiger partial charge in [-0.25, -0.2) is 19.3 Å². The van der Waals surface area contributed by atoms with Crippen LogP contribution in [-0.2, 0) is 4.79 Å². The van der Waals surface area contributed by atoms with E-state index in [1.165, 1.54) is 6.33 Å². The molecule has 4 rings (SSSR count). The maximum absolute atomic E-state index is 14.7. The molecule has 3 heterocycles. The van der Waals surface area contributed by atoms with Crippen molar-refractivity contribution in [2.24, 2.45) is 5.92 Å². The first-order valence-corrected chi connectivity index (χ1v) is 9.80. The second-order valence-corrected chi connectivity index (χ2v) is 7.69. The fourth-order valence-electron chi connectivity index (χ4n) is 3.39. The lowest BCUT2D eigenvalue weighted by molar-refractivity contribution is -0.117. The summed E-state index contributed by atoms with van der Waals surface area (Å²) < 4.78 is 14.7. The van der Waals surface area contributed by atoms with Crippen LogP contribution in [0.1, 0.15) is 38.3 Å². The number of carbonyl (C=O) groups is 1. The van der Waals surface area contributed by atoms with Crippen LogP contribution in [0.3, 0.4) is 0 Å². The number of carbonyl (C=O) groups excluding carboxylic acids is 1. The van der Waals surface area contributed by atoms with Crippen LogP contribution in [-0.4, -0.2) is 47.0 Å². The van der Waals surface area contributed by atoms with E-state index in [9.17, 15) is 9.18 Å². The third-order valence-electron chi connectivity index (χ3n) is 5.24. The van der Waals surface area contributed by atoms with Crippen molar-refractivity contribution >= 4 is 23.2 Å². The van der Waals surface area contributed by atoms with Gasteiger partial charge in [0.1, 0.15) is 12.1 Å². The van der Waals surface area contributed by atoms with Gasteiger partial charge >= 0.3 is 0 Å². The Morgan fingerprint density at radius 3 is 2.43 bits per heavy atom. The Morgan fingerprint density at radius 1 is 1.11 bits per heavy atom. The van der Waals surface area contributed by atoms with Crippen molar-refractivity contribution in [2.45, 2.75) is 32.6 Å². The molecule has 0 atom stereocenters. The quantitative estimate of drug-likeness (QED) is 0.855. The number of halogens is 1. The van der Waals surface area contributed by atoms with Crippen LogP contribution in [0, 0.1) is 11.7 Å². The molecule has 148 valence electrons. The second-order valence-electron chi connectivity index (χ2n) is 7.69. The normalized spacial score (nSPS) is 17.1. The number of rotatable bonds is 5. The van der Waals surface area contributed by atoms with Gasteiger partial charge in [-0.2, -0.15) is 0 Å². The van der Waals surface area contributed by atoms with E-state index in [-0.39, 0.29) is 23.6 Å². The lowest BCUT2D eigenvalue weighted by Gasteiger charge is -2.36. The van der Waals surface area contributed by atoms with E-state index < -0.39 is 0 Å². The lowest BCUT2D eigenvalue weighted by atomic mass is 10.1. The Kier molecular flexibility index (Phi) is 5.11. The van der Waals surface area contributed by atoms with Crippen LogP contribution in [0.25, 0.3) is 0 Å². The van der Waals surface area contributed by atoms with Gasteiger partial charge in [0, 0.05) is 32.1 Å². The van der Waals surface area contributed by atoms with Crippen LogP contribution in [0.4, 0.5) is 21.7 Å². The van der Waals surface area contributed by atoms with Gasteiger partial charge < -0.3 is 15.1 Å². The number of hydrogen-bond donors (Lipinski definition) is 1. The van der Waals surface area contributed by atoms with Gasteiger partial charge in [0.15, 0.2) is 11.6 Å². The van der Waals surface area contributed by atoms with E-state index in [1.807, 2.05) is 30.9 Å². The molecule has 1 saturated carbocycles. The Balaban J connectivity index is 1.37. The minimum Gasteiger partial charge on any atom is -0.367 e. The summed E-state index contributed by atoms with van der Waals surface area (Å²) in [7, 11) is 0. The van der Waals surface area contributed by atoms with Crippen molar-refractivity contribution in [2.75, 3.05) is 41.3 Å². The molecule has 1 amide bonds. The van der Waals surface area contributed by atoms with Crippen LogP contribution >= 0.6 is 0 Å². The molecule has 2 fully saturated rings. The largest absolute Gasteiger partial charge is 0.367 e. The number of pyridine rings is 1. The van der Waals surface area contributed by atoms with Crippen molar-refractivity contribution in [1.82, 2.24) is 15.0 Å². The fourth-order valence-corrected chi connectivity index (χ4v) is 3.39. The zero-order valence-electron chi connectivity index (χ0n) is 16.2. The summed E-state index contributed by atoms with van der Waals surface area (Å²) in [5.74, 6) is 0.893. The summed E-state index contributed by atoms with van der Waals surface area (Å²) in [6.07, 6.45) is 5.17. The highest BCUT2D eigenvalue weighted by atomic mass is 19.1. The van der Waals surface area contributed by atoms with Crippen molar-refractivity contribution < 1.29 is 9.18 Å². The highest BCUT2D eigenvalue weighted by Crippen LogP contribution is 2.30. The Labute approximate surface area is 164 Å². The predicted molar refractivity (Wildman–Crippen MR) is 106 cm³/mol. The second kappa shape index (κ2) is 7.69. The zero-order chi connectivity index (χ0) is 19.7. The highest BCUT2D eigenvalue weighted by Gasteiger charge is 2.30. The first kappa shape index (κ1) is 18.6. The third-order valence-corrected chi connectivity index (χ3v) is 5.24. The average molecular weight is 384 g/mol. The van der Waals surface area contributed by atoms with Crippen LogP contribution < -0.4 is 15.1 Å². The fraction of sp³-hybridized carbons (Fsp3) is 0.500. The standard InChI is InChI=1S/C20H25FN6O/c1-13(2)18-17(21)19(24-12-23-18)27-9-7-26(8-10-27)15-5-6-16(22-11-15)25-20(28)14-3-4-14/h5-6,11-14H,3-4,7-10H2,1-2H3,(H,22,25,28). The number of anilines is 3. The Hall–Kier alpha value is -2.77. The molecule has 2 aliphatic rings. The molecule has 0 aromatic carbocycles. The minimum absolute atomic E-state index is 0.0213. The van der Waals surface area contributed by atoms with Gasteiger partial charge in [-0.3, -0.25) is 4.79 Å². The molecule has 0 unspecified atom stereocenters. The van der Waals surface area contributed by atoms with Crippen LogP contribution in [0.5, 0.6) is 0 Å². The Bertz CT molecular complexity index is 844. The van der Waals surface area contributed by atoms with Crippen molar-refractivity contribution in [3.8, 4) is 0 Å². The summed E-state index contributed by atoms with van der Waals surface area (Å²) in [5, 5.41) is 2.85. The first-order valence-electron chi connectivity index (χ1n) is 9.80. The Morgan fingerprint density at radius 2 is 1.82 bits per heavy atom. The average Bonchev–Trinajstić information content (AvgIpc) is 3.54. The summed E-state index contributed by atoms with van der Waals surface area (Å²) in [4.78, 5) is 28.6. The number of aromatic nitrogens is 3. The summed E-state index contributed by atoms with van der Waals surface area (Å²) in [6.45, 7) is 6.69. The van der Waals surface area contributed by atoms with Crippen LogP contribution in [0.2, 0.25) is 0 Å². The molecule has 28 heavy (non-hydrogen) atoms. The summed E-state index contributed by atoms with van der Waals surface area (Å²) in [6, 6.07) is 3.80. The number of nitrogens with one attached hydrogen (secondary N) is 1. The number of nitrogens with zero attached hydrogens (tertiary/aromatic N) is 5. The molecule has 8 heteroatoms. The van der Waals surface area contributed by atoms with E-state index >= 15 is 0 Å². The van der Waals surface area contributed by atoms with Crippen molar-refractivity contribution in [1.29, 1.82) is 0 Å². The third kappa shape index (κ3) is 3.90. The van der Waals surface area contributed by atoms with Crippen molar-refractivity contribution in [3.63, 3.8) is 0 Å². The van der Waals surface area contributed by atoms with Gasteiger partial charge in [-0.1, -0.05) is 13.8 Å². The van der Waals surface area contributed by atoms with Gasteiger partial charge in [0.05, 0.1) is 17.6 Å². The number of piperazine rings is 1. The van der Waals surface area contributed by atoms with Gasteiger partial charge in [0.2, 0.25) is 5.91 Å². The van der Waals surface area contributed by atoms with Crippen molar-refractivity contribution in [3.05, 3.63) is 36.2 Å². The lowest BCUT2D eigenvalue weighted by Crippen LogP contribution is -2.47. The molecule has 1 aliphatic heterocycles. The molecule has 0 bridgehead atoms. The topological polar surface area (TPSA) is 74.2 Å². The molecule has 7 nitrogen and oxygen atoms in total. The van der Waals surface area contributed by atoms with Gasteiger partial charge in [-0.15, -0.1) is 0 Å². The first-order chi connectivity index (χ1) is 13.5.